The Morgan fingerprint density at radius 1 is 1.40 bits per heavy atom. The predicted octanol–water partition coefficient (Wildman–Crippen LogP) is 1.60. The fourth-order valence-corrected chi connectivity index (χ4v) is 4.08. The van der Waals surface area contributed by atoms with Crippen LogP contribution in [0.25, 0.3) is 0 Å². The molecule has 0 aliphatic carbocycles. The molecule has 1 amide bonds. The van der Waals surface area contributed by atoms with E-state index in [1.54, 1.807) is 22.4 Å². The SMILES string of the molecule is Cc1cc(=O)n2c(n1)SCC2CC(=O)N1CCCCC1. The topological polar surface area (TPSA) is 55.2 Å². The van der Waals surface area contributed by atoms with Crippen LogP contribution in [0, 0.1) is 6.92 Å². The van der Waals surface area contributed by atoms with E-state index < -0.39 is 0 Å². The second kappa shape index (κ2) is 5.60. The number of amides is 1. The zero-order valence-corrected chi connectivity index (χ0v) is 12.5. The molecule has 1 aromatic heterocycles. The number of fused-ring (bicyclic) bond motifs is 1. The lowest BCUT2D eigenvalue weighted by atomic mass is 10.1. The van der Waals surface area contributed by atoms with Crippen LogP contribution in [-0.2, 0) is 4.79 Å². The Balaban J connectivity index is 1.75. The minimum Gasteiger partial charge on any atom is -0.343 e. The van der Waals surface area contributed by atoms with Crippen LogP contribution in [0.15, 0.2) is 16.0 Å². The van der Waals surface area contributed by atoms with Gasteiger partial charge in [-0.25, -0.2) is 4.98 Å². The summed E-state index contributed by atoms with van der Waals surface area (Å²) in [5.74, 6) is 0.946. The van der Waals surface area contributed by atoms with Crippen LogP contribution in [0.1, 0.15) is 37.4 Å². The van der Waals surface area contributed by atoms with Crippen molar-refractivity contribution in [1.29, 1.82) is 0 Å². The van der Waals surface area contributed by atoms with Crippen molar-refractivity contribution >= 4 is 17.7 Å². The highest BCUT2D eigenvalue weighted by Crippen LogP contribution is 2.32. The summed E-state index contributed by atoms with van der Waals surface area (Å²) in [5, 5.41) is 0.756. The van der Waals surface area contributed by atoms with E-state index in [-0.39, 0.29) is 17.5 Å². The molecule has 0 saturated carbocycles. The van der Waals surface area contributed by atoms with Gasteiger partial charge >= 0.3 is 0 Å². The van der Waals surface area contributed by atoms with E-state index >= 15 is 0 Å². The summed E-state index contributed by atoms with van der Waals surface area (Å²) < 4.78 is 1.69. The molecule has 0 spiro atoms. The van der Waals surface area contributed by atoms with Gasteiger partial charge in [0.1, 0.15) is 0 Å². The fourth-order valence-electron chi connectivity index (χ4n) is 2.89. The third-order valence-electron chi connectivity index (χ3n) is 3.94. The van der Waals surface area contributed by atoms with Crippen LogP contribution in [0.2, 0.25) is 0 Å². The molecular formula is C14H19N3O2S. The molecule has 3 rings (SSSR count). The quantitative estimate of drug-likeness (QED) is 0.777. The average molecular weight is 293 g/mol. The summed E-state index contributed by atoms with van der Waals surface area (Å²) in [7, 11) is 0. The number of thioether (sulfide) groups is 1. The number of aromatic nitrogens is 2. The Hall–Kier alpha value is -1.30. The average Bonchev–Trinajstić information content (AvgIpc) is 2.82. The maximum atomic E-state index is 12.3. The third-order valence-corrected chi connectivity index (χ3v) is 5.03. The lowest BCUT2D eigenvalue weighted by Gasteiger charge is -2.28. The van der Waals surface area contributed by atoms with E-state index in [4.69, 9.17) is 0 Å². The van der Waals surface area contributed by atoms with Gasteiger partial charge in [-0.3, -0.25) is 14.2 Å². The number of rotatable bonds is 2. The molecule has 6 heteroatoms. The molecule has 2 aliphatic rings. The number of nitrogens with zero attached hydrogens (tertiary/aromatic N) is 3. The van der Waals surface area contributed by atoms with Crippen LogP contribution >= 0.6 is 11.8 Å². The van der Waals surface area contributed by atoms with E-state index in [1.165, 1.54) is 6.42 Å². The van der Waals surface area contributed by atoms with E-state index in [0.29, 0.717) is 6.42 Å². The minimum absolute atomic E-state index is 0.0334. The summed E-state index contributed by atoms with van der Waals surface area (Å²) >= 11 is 1.57. The smallest absolute Gasteiger partial charge is 0.254 e. The van der Waals surface area contributed by atoms with Gasteiger partial charge in [0.15, 0.2) is 5.16 Å². The molecule has 1 saturated heterocycles. The van der Waals surface area contributed by atoms with Gasteiger partial charge in [-0.05, 0) is 26.2 Å². The molecular weight excluding hydrogens is 274 g/mol. The maximum Gasteiger partial charge on any atom is 0.254 e. The number of aryl methyl sites for hydroxylation is 1. The Labute approximate surface area is 122 Å². The summed E-state index contributed by atoms with van der Waals surface area (Å²) in [6.45, 7) is 3.56. The molecule has 1 unspecified atom stereocenters. The molecule has 3 heterocycles. The van der Waals surface area contributed by atoms with Crippen molar-refractivity contribution in [2.24, 2.45) is 0 Å². The Morgan fingerprint density at radius 3 is 2.90 bits per heavy atom. The number of hydrogen-bond donors (Lipinski definition) is 0. The van der Waals surface area contributed by atoms with Gasteiger partial charge in [0.05, 0.1) is 6.04 Å². The van der Waals surface area contributed by atoms with Gasteiger partial charge in [0, 0.05) is 37.0 Å². The van der Waals surface area contributed by atoms with E-state index in [1.807, 2.05) is 11.8 Å². The first-order valence-corrected chi connectivity index (χ1v) is 8.14. The minimum atomic E-state index is -0.0370. The monoisotopic (exact) mass is 293 g/mol. The molecule has 5 nitrogen and oxygen atoms in total. The summed E-state index contributed by atoms with van der Waals surface area (Å²) in [5.41, 5.74) is 0.714. The Morgan fingerprint density at radius 2 is 2.15 bits per heavy atom. The van der Waals surface area contributed by atoms with Gasteiger partial charge in [0.2, 0.25) is 5.91 Å². The maximum absolute atomic E-state index is 12.3. The first kappa shape index (κ1) is 13.7. The van der Waals surface area contributed by atoms with Gasteiger partial charge in [-0.15, -0.1) is 0 Å². The zero-order valence-electron chi connectivity index (χ0n) is 11.7. The molecule has 108 valence electrons. The second-order valence-electron chi connectivity index (χ2n) is 5.50. The molecule has 1 fully saturated rings. The predicted molar refractivity (Wildman–Crippen MR) is 78.0 cm³/mol. The Kier molecular flexibility index (Phi) is 3.83. The number of piperidine rings is 1. The number of hydrogen-bond acceptors (Lipinski definition) is 4. The summed E-state index contributed by atoms with van der Waals surface area (Å²) in [4.78, 5) is 30.7. The van der Waals surface area contributed by atoms with Crippen LogP contribution in [0.5, 0.6) is 0 Å². The van der Waals surface area contributed by atoms with Crippen LogP contribution in [0.4, 0.5) is 0 Å². The second-order valence-corrected chi connectivity index (χ2v) is 6.49. The summed E-state index contributed by atoms with van der Waals surface area (Å²) in [6.07, 6.45) is 3.84. The molecule has 0 radical (unpaired) electrons. The van der Waals surface area contributed by atoms with Gasteiger partial charge in [-0.1, -0.05) is 11.8 Å². The van der Waals surface area contributed by atoms with Crippen LogP contribution in [0.3, 0.4) is 0 Å². The molecule has 2 aliphatic heterocycles. The lowest BCUT2D eigenvalue weighted by Crippen LogP contribution is -2.37. The van der Waals surface area contributed by atoms with Crippen LogP contribution < -0.4 is 5.56 Å². The molecule has 0 bridgehead atoms. The van der Waals surface area contributed by atoms with E-state index in [9.17, 15) is 9.59 Å². The molecule has 0 N–H and O–H groups in total. The molecule has 0 aromatic carbocycles. The molecule has 1 atom stereocenters. The number of carbonyl (C=O) groups is 1. The first-order valence-electron chi connectivity index (χ1n) is 7.16. The van der Waals surface area contributed by atoms with Gasteiger partial charge < -0.3 is 4.90 Å². The fraction of sp³-hybridized carbons (Fsp3) is 0.643. The van der Waals surface area contributed by atoms with Crippen molar-refractivity contribution in [1.82, 2.24) is 14.5 Å². The van der Waals surface area contributed by atoms with Crippen molar-refractivity contribution in [3.05, 3.63) is 22.1 Å². The van der Waals surface area contributed by atoms with E-state index in [2.05, 4.69) is 4.98 Å². The third kappa shape index (κ3) is 2.61. The highest BCUT2D eigenvalue weighted by atomic mass is 32.2. The van der Waals surface area contributed by atoms with Crippen molar-refractivity contribution < 1.29 is 4.79 Å². The van der Waals surface area contributed by atoms with Crippen LogP contribution in [-0.4, -0.2) is 39.2 Å². The lowest BCUT2D eigenvalue weighted by molar-refractivity contribution is -0.132. The highest BCUT2D eigenvalue weighted by molar-refractivity contribution is 7.99. The Bertz CT molecular complexity index is 578. The first-order chi connectivity index (χ1) is 9.65. The van der Waals surface area contributed by atoms with Gasteiger partial charge in [-0.2, -0.15) is 0 Å². The van der Waals surface area contributed by atoms with Crippen molar-refractivity contribution in [2.45, 2.75) is 43.8 Å². The summed E-state index contributed by atoms with van der Waals surface area (Å²) in [6, 6.07) is 1.51. The zero-order chi connectivity index (χ0) is 14.1. The van der Waals surface area contributed by atoms with Crippen molar-refractivity contribution in [2.75, 3.05) is 18.8 Å². The standard InChI is InChI=1S/C14H19N3O2S/c1-10-7-13(19)17-11(9-20-14(17)15-10)8-12(18)16-5-3-2-4-6-16/h7,11H,2-6,8-9H2,1H3. The number of carbonyl (C=O) groups excluding carboxylic acids is 1. The highest BCUT2D eigenvalue weighted by Gasteiger charge is 2.29. The largest absolute Gasteiger partial charge is 0.343 e. The molecule has 20 heavy (non-hydrogen) atoms. The normalized spacial score (nSPS) is 21.9. The van der Waals surface area contributed by atoms with E-state index in [0.717, 1.165) is 42.5 Å². The van der Waals surface area contributed by atoms with Crippen molar-refractivity contribution in [3.8, 4) is 0 Å². The van der Waals surface area contributed by atoms with Gasteiger partial charge in [0.25, 0.3) is 5.56 Å². The van der Waals surface area contributed by atoms with Crippen molar-refractivity contribution in [3.63, 3.8) is 0 Å². The number of likely N-dealkylation sites (tertiary alicyclic amines) is 1. The molecule has 1 aromatic rings.